The smallest absolute Gasteiger partial charge is 0.338 e. The Kier molecular flexibility index (Phi) is 5.11. The van der Waals surface area contributed by atoms with Crippen LogP contribution in [0.1, 0.15) is 27.6 Å². The van der Waals surface area contributed by atoms with Crippen LogP contribution in [0.25, 0.3) is 10.9 Å². The van der Waals surface area contributed by atoms with E-state index in [9.17, 15) is 18.0 Å². The first-order valence-corrected chi connectivity index (χ1v) is 9.66. The summed E-state index contributed by atoms with van der Waals surface area (Å²) in [5.74, 6) is -1.12. The number of hydrogen-bond donors (Lipinski definition) is 2. The van der Waals surface area contributed by atoms with Crippen LogP contribution in [0.4, 0.5) is 0 Å². The lowest BCUT2D eigenvalue weighted by Crippen LogP contribution is -2.24. The van der Waals surface area contributed by atoms with Gasteiger partial charge in [0, 0.05) is 22.7 Å². The first-order valence-electron chi connectivity index (χ1n) is 8.18. The summed E-state index contributed by atoms with van der Waals surface area (Å²) in [5.41, 5.74) is 1.28. The van der Waals surface area contributed by atoms with Crippen molar-refractivity contribution in [3.05, 3.63) is 65.9 Å². The fraction of sp³-hybridized carbons (Fsp3) is 0.158. The molecule has 1 unspecified atom stereocenters. The van der Waals surface area contributed by atoms with E-state index in [0.717, 1.165) is 10.9 Å². The number of sulfonamides is 1. The van der Waals surface area contributed by atoms with Crippen molar-refractivity contribution in [1.29, 1.82) is 0 Å². The van der Waals surface area contributed by atoms with Crippen molar-refractivity contribution >= 4 is 32.7 Å². The molecule has 2 aromatic carbocycles. The maximum Gasteiger partial charge on any atom is 0.338 e. The minimum atomic E-state index is -3.69. The van der Waals surface area contributed by atoms with Gasteiger partial charge in [-0.3, -0.25) is 4.79 Å². The van der Waals surface area contributed by atoms with Crippen LogP contribution >= 0.6 is 0 Å². The van der Waals surface area contributed by atoms with Gasteiger partial charge >= 0.3 is 5.97 Å². The Balaban J connectivity index is 1.80. The third-order valence-corrected chi connectivity index (χ3v) is 5.57. The van der Waals surface area contributed by atoms with Gasteiger partial charge in [0.1, 0.15) is 0 Å². The van der Waals surface area contributed by atoms with Gasteiger partial charge in [0.25, 0.3) is 0 Å². The maximum atomic E-state index is 12.7. The summed E-state index contributed by atoms with van der Waals surface area (Å²) < 4.78 is 31.2. The molecule has 140 valence electrons. The molecule has 3 aromatic rings. The Labute approximate surface area is 156 Å². The SMILES string of the molecule is CNS(=O)(=O)c1cccc(C(=O)OC(C)C(=O)c2c[nH]c3ccccc23)c1. The molecule has 0 radical (unpaired) electrons. The fourth-order valence-electron chi connectivity index (χ4n) is 2.68. The minimum Gasteiger partial charge on any atom is -0.451 e. The fourth-order valence-corrected chi connectivity index (χ4v) is 3.46. The predicted octanol–water partition coefficient (Wildman–Crippen LogP) is 2.50. The quantitative estimate of drug-likeness (QED) is 0.500. The number of nitrogens with one attached hydrogen (secondary N) is 2. The zero-order valence-electron chi connectivity index (χ0n) is 14.7. The van der Waals surface area contributed by atoms with Crippen molar-refractivity contribution in [1.82, 2.24) is 9.71 Å². The number of ketones is 1. The number of carbonyl (C=O) groups is 2. The van der Waals surface area contributed by atoms with Gasteiger partial charge in [0.05, 0.1) is 10.5 Å². The molecule has 0 aliphatic rings. The average molecular weight is 386 g/mol. The summed E-state index contributed by atoms with van der Waals surface area (Å²) in [7, 11) is -2.41. The van der Waals surface area contributed by atoms with E-state index < -0.39 is 22.1 Å². The van der Waals surface area contributed by atoms with Crippen molar-refractivity contribution in [3.8, 4) is 0 Å². The largest absolute Gasteiger partial charge is 0.451 e. The summed E-state index contributed by atoms with van der Waals surface area (Å²) in [5, 5.41) is 0.743. The molecule has 3 rings (SSSR count). The highest BCUT2D eigenvalue weighted by Crippen LogP contribution is 2.20. The van der Waals surface area contributed by atoms with Crippen LogP contribution in [0.5, 0.6) is 0 Å². The number of ether oxygens (including phenoxy) is 1. The van der Waals surface area contributed by atoms with E-state index in [1.807, 2.05) is 18.2 Å². The van der Waals surface area contributed by atoms with Crippen LogP contribution in [0, 0.1) is 0 Å². The molecule has 1 atom stereocenters. The second kappa shape index (κ2) is 7.34. The lowest BCUT2D eigenvalue weighted by Gasteiger charge is -2.12. The van der Waals surface area contributed by atoms with Gasteiger partial charge in [-0.2, -0.15) is 0 Å². The standard InChI is InChI=1S/C19H18N2O5S/c1-12(18(22)16-11-21-17-9-4-3-8-15(16)17)26-19(23)13-6-5-7-14(10-13)27(24,25)20-2/h3-12,20-21H,1-2H3. The monoisotopic (exact) mass is 386 g/mol. The number of carbonyl (C=O) groups excluding carboxylic acids is 2. The number of H-pyrrole nitrogens is 1. The third kappa shape index (κ3) is 3.76. The van der Waals surface area contributed by atoms with Crippen molar-refractivity contribution < 1.29 is 22.7 Å². The molecular formula is C19H18N2O5S. The summed E-state index contributed by atoms with van der Waals surface area (Å²) in [4.78, 5) is 28.0. The molecule has 1 heterocycles. The van der Waals surface area contributed by atoms with Crippen LogP contribution in [-0.2, 0) is 14.8 Å². The lowest BCUT2D eigenvalue weighted by atomic mass is 10.1. The zero-order chi connectivity index (χ0) is 19.6. The highest BCUT2D eigenvalue weighted by molar-refractivity contribution is 7.89. The van der Waals surface area contributed by atoms with E-state index in [1.165, 1.54) is 38.2 Å². The van der Waals surface area contributed by atoms with Gasteiger partial charge < -0.3 is 9.72 Å². The van der Waals surface area contributed by atoms with Gasteiger partial charge in [0.2, 0.25) is 15.8 Å². The van der Waals surface area contributed by atoms with Crippen LogP contribution in [-0.4, -0.2) is 38.3 Å². The third-order valence-electron chi connectivity index (χ3n) is 4.16. The summed E-state index contributed by atoms with van der Waals surface area (Å²) >= 11 is 0. The molecule has 8 heteroatoms. The molecule has 1 aromatic heterocycles. The topological polar surface area (TPSA) is 105 Å². The van der Waals surface area contributed by atoms with E-state index >= 15 is 0 Å². The summed E-state index contributed by atoms with van der Waals surface area (Å²) in [6.45, 7) is 1.48. The predicted molar refractivity (Wildman–Crippen MR) is 100 cm³/mol. The highest BCUT2D eigenvalue weighted by Gasteiger charge is 2.23. The average Bonchev–Trinajstić information content (AvgIpc) is 3.11. The van der Waals surface area contributed by atoms with Crippen LogP contribution in [0.3, 0.4) is 0 Å². The van der Waals surface area contributed by atoms with E-state index in [0.29, 0.717) is 5.56 Å². The number of benzene rings is 2. The summed E-state index contributed by atoms with van der Waals surface area (Å²) in [6, 6.07) is 12.8. The maximum absolute atomic E-state index is 12.7. The van der Waals surface area contributed by atoms with Gasteiger partial charge in [-0.05, 0) is 38.2 Å². The van der Waals surface area contributed by atoms with Gasteiger partial charge in [0.15, 0.2) is 6.10 Å². The van der Waals surface area contributed by atoms with Crippen molar-refractivity contribution in [3.63, 3.8) is 0 Å². The number of aromatic amines is 1. The Morgan fingerprint density at radius 2 is 1.85 bits per heavy atom. The van der Waals surface area contributed by atoms with Gasteiger partial charge in [-0.1, -0.05) is 24.3 Å². The first-order chi connectivity index (χ1) is 12.8. The molecule has 27 heavy (non-hydrogen) atoms. The van der Waals surface area contributed by atoms with E-state index in [4.69, 9.17) is 4.74 Å². The van der Waals surface area contributed by atoms with E-state index in [2.05, 4.69) is 9.71 Å². The Hall–Kier alpha value is -2.97. The van der Waals surface area contributed by atoms with Crippen molar-refractivity contribution in [2.75, 3.05) is 7.05 Å². The molecule has 7 nitrogen and oxygen atoms in total. The highest BCUT2D eigenvalue weighted by atomic mass is 32.2. The van der Waals surface area contributed by atoms with E-state index in [-0.39, 0.29) is 16.2 Å². The van der Waals surface area contributed by atoms with E-state index in [1.54, 1.807) is 12.3 Å². The molecule has 0 amide bonds. The van der Waals surface area contributed by atoms with Crippen LogP contribution in [0.2, 0.25) is 0 Å². The van der Waals surface area contributed by atoms with Crippen LogP contribution < -0.4 is 4.72 Å². The molecule has 0 saturated heterocycles. The molecular weight excluding hydrogens is 368 g/mol. The lowest BCUT2D eigenvalue weighted by molar-refractivity contribution is 0.0319. The number of para-hydroxylation sites is 1. The summed E-state index contributed by atoms with van der Waals surface area (Å²) in [6.07, 6.45) is 0.554. The molecule has 0 fully saturated rings. The number of fused-ring (bicyclic) bond motifs is 1. The Morgan fingerprint density at radius 3 is 2.59 bits per heavy atom. The van der Waals surface area contributed by atoms with Gasteiger partial charge in [-0.25, -0.2) is 17.9 Å². The molecule has 0 aliphatic carbocycles. The first kappa shape index (κ1) is 18.8. The molecule has 0 aliphatic heterocycles. The molecule has 2 N–H and O–H groups in total. The second-order valence-electron chi connectivity index (χ2n) is 5.90. The molecule has 0 spiro atoms. The van der Waals surface area contributed by atoms with Crippen molar-refractivity contribution in [2.24, 2.45) is 0 Å². The Bertz CT molecular complexity index is 1120. The molecule has 0 saturated carbocycles. The normalized spacial score (nSPS) is 12.7. The number of aromatic nitrogens is 1. The van der Waals surface area contributed by atoms with Gasteiger partial charge in [-0.15, -0.1) is 0 Å². The van der Waals surface area contributed by atoms with Crippen molar-refractivity contribution in [2.45, 2.75) is 17.9 Å². The second-order valence-corrected chi connectivity index (χ2v) is 7.78. The number of esters is 1. The minimum absolute atomic E-state index is 0.0462. The molecule has 0 bridgehead atoms. The zero-order valence-corrected chi connectivity index (χ0v) is 15.5. The number of Topliss-reactive ketones (excluding diaryl/α,β-unsaturated/α-hetero) is 1. The number of rotatable bonds is 6. The van der Waals surface area contributed by atoms with Crippen LogP contribution in [0.15, 0.2) is 59.6 Å². The Morgan fingerprint density at radius 1 is 1.11 bits per heavy atom. The number of hydrogen-bond acceptors (Lipinski definition) is 5.